The molecule has 1 atom stereocenters. The number of hydrogen-bond acceptors (Lipinski definition) is 7. The van der Waals surface area contributed by atoms with E-state index in [-0.39, 0.29) is 37.1 Å². The van der Waals surface area contributed by atoms with E-state index in [0.717, 1.165) is 11.1 Å². The maximum absolute atomic E-state index is 12.6. The van der Waals surface area contributed by atoms with E-state index in [1.165, 1.54) is 17.0 Å². The first-order valence-electron chi connectivity index (χ1n) is 11.6. The van der Waals surface area contributed by atoms with Gasteiger partial charge in [-0.1, -0.05) is 36.4 Å². The number of rotatable bonds is 10. The van der Waals surface area contributed by atoms with Crippen molar-refractivity contribution in [2.45, 2.75) is 31.9 Å². The molecule has 1 saturated heterocycles. The molecule has 0 radical (unpaired) electrons. The molecule has 11 nitrogen and oxygen atoms in total. The number of ether oxygens (including phenoxy) is 1. The monoisotopic (exact) mass is 498 g/mol. The molecule has 11 heteroatoms. The quantitative estimate of drug-likeness (QED) is 0.303. The van der Waals surface area contributed by atoms with Crippen LogP contribution in [0.4, 0.5) is 4.79 Å². The van der Waals surface area contributed by atoms with Gasteiger partial charge in [-0.2, -0.15) is 0 Å². The van der Waals surface area contributed by atoms with E-state index in [1.54, 1.807) is 18.2 Å². The number of alkyl carbamates (subject to hydrolysis) is 1. The van der Waals surface area contributed by atoms with Crippen LogP contribution in [0, 0.1) is 0 Å². The smallest absolute Gasteiger partial charge is 0.407 e. The van der Waals surface area contributed by atoms with Crippen LogP contribution in [0.25, 0.3) is 0 Å². The molecule has 36 heavy (non-hydrogen) atoms. The number of aromatic hydroxyl groups is 2. The first-order valence-corrected chi connectivity index (χ1v) is 11.6. The third kappa shape index (κ3) is 7.90. The molecule has 0 saturated carbocycles. The lowest BCUT2D eigenvalue weighted by Crippen LogP contribution is -2.50. The fraction of sp³-hybridized carbons (Fsp3) is 0.360. The van der Waals surface area contributed by atoms with E-state index in [1.807, 2.05) is 18.2 Å². The van der Waals surface area contributed by atoms with Gasteiger partial charge in [0.1, 0.15) is 19.2 Å². The van der Waals surface area contributed by atoms with Gasteiger partial charge in [0.15, 0.2) is 11.5 Å². The molecular weight excluding hydrogens is 468 g/mol. The molecule has 0 aromatic heterocycles. The van der Waals surface area contributed by atoms with Crippen LogP contribution in [0.2, 0.25) is 0 Å². The van der Waals surface area contributed by atoms with Crippen molar-refractivity contribution in [3.05, 3.63) is 59.7 Å². The first kappa shape index (κ1) is 26.3. The Labute approximate surface area is 208 Å². The molecule has 1 fully saturated rings. The number of nitrogens with zero attached hydrogens (tertiary/aromatic N) is 1. The molecule has 1 aliphatic rings. The Morgan fingerprint density at radius 2 is 1.69 bits per heavy atom. The summed E-state index contributed by atoms with van der Waals surface area (Å²) in [6.45, 7) is 0.128. The summed E-state index contributed by atoms with van der Waals surface area (Å²) >= 11 is 0. The normalized spacial score (nSPS) is 14.7. The predicted molar refractivity (Wildman–Crippen MR) is 129 cm³/mol. The van der Waals surface area contributed by atoms with E-state index in [9.17, 15) is 29.4 Å². The largest absolute Gasteiger partial charge is 0.504 e. The highest BCUT2D eigenvalue weighted by Gasteiger charge is 2.33. The Kier molecular flexibility index (Phi) is 9.49. The molecule has 1 aliphatic heterocycles. The van der Waals surface area contributed by atoms with Crippen LogP contribution in [0.3, 0.4) is 0 Å². The van der Waals surface area contributed by atoms with Crippen molar-refractivity contribution in [2.75, 3.05) is 26.2 Å². The number of benzene rings is 2. The molecular formula is C25H30N4O7. The second-order valence-electron chi connectivity index (χ2n) is 8.30. The van der Waals surface area contributed by atoms with E-state index >= 15 is 0 Å². The number of amides is 4. The van der Waals surface area contributed by atoms with Gasteiger partial charge in [0.2, 0.25) is 17.7 Å². The highest BCUT2D eigenvalue weighted by atomic mass is 16.5. The van der Waals surface area contributed by atoms with E-state index in [2.05, 4.69) is 16.0 Å². The average Bonchev–Trinajstić information content (AvgIpc) is 3.38. The molecule has 2 aromatic carbocycles. The van der Waals surface area contributed by atoms with Crippen molar-refractivity contribution in [1.82, 2.24) is 20.9 Å². The Balaban J connectivity index is 1.35. The number of phenolic OH excluding ortho intramolecular Hbond substituents is 2. The van der Waals surface area contributed by atoms with Crippen LogP contribution in [0.15, 0.2) is 48.5 Å². The Bertz CT molecular complexity index is 1080. The zero-order chi connectivity index (χ0) is 25.9. The van der Waals surface area contributed by atoms with Crippen molar-refractivity contribution in [3.63, 3.8) is 0 Å². The summed E-state index contributed by atoms with van der Waals surface area (Å²) in [5.41, 5.74) is 1.55. The lowest BCUT2D eigenvalue weighted by molar-refractivity contribution is -0.138. The highest BCUT2D eigenvalue weighted by molar-refractivity contribution is 5.91. The zero-order valence-corrected chi connectivity index (χ0v) is 19.7. The number of hydrogen-bond donors (Lipinski definition) is 5. The molecule has 1 heterocycles. The summed E-state index contributed by atoms with van der Waals surface area (Å²) in [5.74, 6) is -1.69. The molecule has 0 bridgehead atoms. The second-order valence-corrected chi connectivity index (χ2v) is 8.30. The third-order valence-corrected chi connectivity index (χ3v) is 5.67. The van der Waals surface area contributed by atoms with Gasteiger partial charge in [0, 0.05) is 13.1 Å². The Hall–Kier alpha value is -4.28. The highest BCUT2D eigenvalue weighted by Crippen LogP contribution is 2.25. The summed E-state index contributed by atoms with van der Waals surface area (Å²) < 4.78 is 5.02. The van der Waals surface area contributed by atoms with Crippen LogP contribution in [-0.4, -0.2) is 71.1 Å². The third-order valence-electron chi connectivity index (χ3n) is 5.67. The van der Waals surface area contributed by atoms with Gasteiger partial charge in [-0.15, -0.1) is 0 Å². The van der Waals surface area contributed by atoms with E-state index < -0.39 is 23.9 Å². The van der Waals surface area contributed by atoms with Crippen molar-refractivity contribution in [3.8, 4) is 11.5 Å². The number of nitrogens with one attached hydrogen (secondary N) is 3. The summed E-state index contributed by atoms with van der Waals surface area (Å²) in [5, 5.41) is 26.5. The van der Waals surface area contributed by atoms with Gasteiger partial charge in [-0.25, -0.2) is 4.79 Å². The average molecular weight is 499 g/mol. The van der Waals surface area contributed by atoms with Crippen molar-refractivity contribution >= 4 is 23.8 Å². The van der Waals surface area contributed by atoms with Crippen LogP contribution in [0.5, 0.6) is 11.5 Å². The maximum Gasteiger partial charge on any atom is 0.407 e. The SMILES string of the molecule is O=C(CNC(=O)OCc1ccccc1)NCC(=O)N1CCC[C@H]1C(=O)NCCc1ccc(O)c(O)c1. The number of carbonyl (C=O) groups excluding carboxylic acids is 4. The van der Waals surface area contributed by atoms with Crippen molar-refractivity contribution in [2.24, 2.45) is 0 Å². The summed E-state index contributed by atoms with van der Waals surface area (Å²) in [6.07, 6.45) is 0.870. The molecule has 4 amide bonds. The van der Waals surface area contributed by atoms with Gasteiger partial charge in [0.25, 0.3) is 0 Å². The molecule has 5 N–H and O–H groups in total. The van der Waals surface area contributed by atoms with Crippen LogP contribution in [0.1, 0.15) is 24.0 Å². The fourth-order valence-corrected chi connectivity index (χ4v) is 3.78. The standard InChI is InChI=1S/C25H30N4O7/c30-20-9-8-17(13-21(20)31)10-11-26-24(34)19-7-4-12-29(19)23(33)15-27-22(32)14-28-25(35)36-16-18-5-2-1-3-6-18/h1-3,5-6,8-9,13,19,30-31H,4,7,10-12,14-16H2,(H,26,34)(H,27,32)(H,28,35)/t19-/m0/s1. The minimum Gasteiger partial charge on any atom is -0.504 e. The van der Waals surface area contributed by atoms with Crippen LogP contribution >= 0.6 is 0 Å². The summed E-state index contributed by atoms with van der Waals surface area (Å²) in [6, 6.07) is 12.9. The maximum atomic E-state index is 12.6. The topological polar surface area (TPSA) is 157 Å². The molecule has 2 aromatic rings. The molecule has 192 valence electrons. The van der Waals surface area contributed by atoms with Gasteiger partial charge in [0.05, 0.1) is 6.54 Å². The minimum absolute atomic E-state index is 0.0720. The number of phenols is 2. The Morgan fingerprint density at radius 3 is 2.44 bits per heavy atom. The van der Waals surface area contributed by atoms with Crippen molar-refractivity contribution < 1.29 is 34.1 Å². The lowest BCUT2D eigenvalue weighted by atomic mass is 10.1. The molecule has 0 spiro atoms. The summed E-state index contributed by atoms with van der Waals surface area (Å²) in [7, 11) is 0. The predicted octanol–water partition coefficient (Wildman–Crippen LogP) is 0.790. The summed E-state index contributed by atoms with van der Waals surface area (Å²) in [4.78, 5) is 50.4. The van der Waals surface area contributed by atoms with Crippen LogP contribution < -0.4 is 16.0 Å². The van der Waals surface area contributed by atoms with Gasteiger partial charge < -0.3 is 35.8 Å². The van der Waals surface area contributed by atoms with E-state index in [0.29, 0.717) is 32.4 Å². The van der Waals surface area contributed by atoms with Crippen LogP contribution in [-0.2, 0) is 32.1 Å². The van der Waals surface area contributed by atoms with Gasteiger partial charge in [-0.3, -0.25) is 14.4 Å². The second kappa shape index (κ2) is 13.0. The molecule has 0 unspecified atom stereocenters. The van der Waals surface area contributed by atoms with Gasteiger partial charge in [-0.05, 0) is 42.5 Å². The molecule has 0 aliphatic carbocycles. The Morgan fingerprint density at radius 1 is 0.917 bits per heavy atom. The van der Waals surface area contributed by atoms with Crippen molar-refractivity contribution in [1.29, 1.82) is 0 Å². The molecule has 3 rings (SSSR count). The lowest BCUT2D eigenvalue weighted by Gasteiger charge is -2.24. The fourth-order valence-electron chi connectivity index (χ4n) is 3.78. The first-order chi connectivity index (χ1) is 17.3. The number of likely N-dealkylation sites (tertiary alicyclic amines) is 1. The minimum atomic E-state index is -0.751. The zero-order valence-electron chi connectivity index (χ0n) is 19.7. The van der Waals surface area contributed by atoms with Gasteiger partial charge >= 0.3 is 6.09 Å². The number of carbonyl (C=O) groups is 4. The van der Waals surface area contributed by atoms with E-state index in [4.69, 9.17) is 4.74 Å².